The average molecular weight is 398 g/mol. The Hall–Kier alpha value is -2.62. The molecule has 1 aliphatic rings. The molecule has 1 unspecified atom stereocenters. The first-order valence-corrected chi connectivity index (χ1v) is 10.0. The predicted molar refractivity (Wildman–Crippen MR) is 107 cm³/mol. The molecule has 0 fully saturated rings. The highest BCUT2D eigenvalue weighted by Crippen LogP contribution is 2.38. The third-order valence-electron chi connectivity index (χ3n) is 5.76. The van der Waals surface area contributed by atoms with Crippen LogP contribution in [-0.2, 0) is 19.3 Å². The molecule has 0 amide bonds. The van der Waals surface area contributed by atoms with Crippen LogP contribution in [-0.4, -0.2) is 0 Å². The van der Waals surface area contributed by atoms with Crippen LogP contribution in [0.25, 0.3) is 11.1 Å². The lowest BCUT2D eigenvalue weighted by Crippen LogP contribution is -2.16. The summed E-state index contributed by atoms with van der Waals surface area (Å²) in [6.07, 6.45) is 3.08. The molecule has 1 atom stereocenters. The highest BCUT2D eigenvalue weighted by atomic mass is 19.1. The van der Waals surface area contributed by atoms with Crippen LogP contribution < -0.4 is 0 Å². The van der Waals surface area contributed by atoms with Crippen molar-refractivity contribution in [3.8, 4) is 11.1 Å². The topological polar surface area (TPSA) is 0 Å². The Labute approximate surface area is 168 Å². The van der Waals surface area contributed by atoms with Crippen LogP contribution in [0.15, 0.2) is 48.5 Å². The van der Waals surface area contributed by atoms with Crippen LogP contribution >= 0.6 is 0 Å². The third-order valence-corrected chi connectivity index (χ3v) is 5.76. The Bertz CT molecular complexity index is 1010. The molecular weight excluding hydrogens is 376 g/mol. The molecule has 4 heteroatoms. The summed E-state index contributed by atoms with van der Waals surface area (Å²) in [4.78, 5) is 0. The molecule has 0 radical (unpaired) electrons. The summed E-state index contributed by atoms with van der Waals surface area (Å²) in [6, 6.07) is 11.8. The molecule has 0 spiro atoms. The quantitative estimate of drug-likeness (QED) is 0.410. The molecule has 0 nitrogen and oxygen atoms in total. The van der Waals surface area contributed by atoms with Gasteiger partial charge in [-0.2, -0.15) is 0 Å². The molecule has 3 aromatic carbocycles. The maximum Gasteiger partial charge on any atom is 0.131 e. The monoisotopic (exact) mass is 398 g/mol. The maximum absolute atomic E-state index is 14.7. The van der Waals surface area contributed by atoms with Gasteiger partial charge in [-0.1, -0.05) is 25.5 Å². The molecule has 0 saturated carbocycles. The van der Waals surface area contributed by atoms with Gasteiger partial charge in [0.1, 0.15) is 23.3 Å². The van der Waals surface area contributed by atoms with Gasteiger partial charge in [0.15, 0.2) is 0 Å². The summed E-state index contributed by atoms with van der Waals surface area (Å²) < 4.78 is 57.2. The van der Waals surface area contributed by atoms with Crippen molar-refractivity contribution in [1.82, 2.24) is 0 Å². The van der Waals surface area contributed by atoms with Crippen LogP contribution in [0.5, 0.6) is 0 Å². The molecule has 0 aliphatic heterocycles. The van der Waals surface area contributed by atoms with E-state index in [0.29, 0.717) is 42.4 Å². The zero-order valence-electron chi connectivity index (χ0n) is 16.2. The maximum atomic E-state index is 14.7. The van der Waals surface area contributed by atoms with Gasteiger partial charge < -0.3 is 0 Å². The molecular formula is C25H22F4. The third kappa shape index (κ3) is 3.93. The summed E-state index contributed by atoms with van der Waals surface area (Å²) >= 11 is 0. The average Bonchev–Trinajstić information content (AvgIpc) is 2.68. The molecule has 3 aromatic rings. The first kappa shape index (κ1) is 19.7. The van der Waals surface area contributed by atoms with Crippen molar-refractivity contribution in [2.24, 2.45) is 0 Å². The fourth-order valence-corrected chi connectivity index (χ4v) is 4.34. The number of hydrogen-bond acceptors (Lipinski definition) is 0. The second kappa shape index (κ2) is 8.02. The molecule has 1 aliphatic carbocycles. The molecule has 0 N–H and O–H groups in total. The highest BCUT2D eigenvalue weighted by molar-refractivity contribution is 5.66. The fourth-order valence-electron chi connectivity index (χ4n) is 4.34. The van der Waals surface area contributed by atoms with Crippen LogP contribution in [0, 0.1) is 23.3 Å². The Kier molecular flexibility index (Phi) is 5.44. The SMILES string of the molecule is CCCc1cc(F)c(C2CCc3cc(-c4ccc(F)cc4)c(F)cc3C2)c(F)c1. The molecule has 0 bridgehead atoms. The van der Waals surface area contributed by atoms with E-state index in [4.69, 9.17) is 0 Å². The summed E-state index contributed by atoms with van der Waals surface area (Å²) in [5, 5.41) is 0. The van der Waals surface area contributed by atoms with E-state index in [2.05, 4.69) is 0 Å². The van der Waals surface area contributed by atoms with E-state index in [-0.39, 0.29) is 17.3 Å². The smallest absolute Gasteiger partial charge is 0.131 e. The zero-order valence-corrected chi connectivity index (χ0v) is 16.2. The van der Waals surface area contributed by atoms with E-state index in [9.17, 15) is 17.6 Å². The van der Waals surface area contributed by atoms with E-state index in [1.807, 2.05) is 6.92 Å². The van der Waals surface area contributed by atoms with Crippen LogP contribution in [0.2, 0.25) is 0 Å². The Balaban J connectivity index is 1.64. The first-order chi connectivity index (χ1) is 14.0. The van der Waals surface area contributed by atoms with Crippen LogP contribution in [0.3, 0.4) is 0 Å². The van der Waals surface area contributed by atoms with E-state index in [1.165, 1.54) is 30.3 Å². The van der Waals surface area contributed by atoms with Gasteiger partial charge in [-0.05, 0) is 90.3 Å². The normalized spacial score (nSPS) is 16.0. The number of rotatable bonds is 4. The van der Waals surface area contributed by atoms with E-state index in [0.717, 1.165) is 17.5 Å². The van der Waals surface area contributed by atoms with Gasteiger partial charge in [0.2, 0.25) is 0 Å². The Morgan fingerprint density at radius 1 is 0.828 bits per heavy atom. The minimum absolute atomic E-state index is 0.110. The number of fused-ring (bicyclic) bond motifs is 1. The molecule has 0 saturated heterocycles. The summed E-state index contributed by atoms with van der Waals surface area (Å²) in [7, 11) is 0. The number of hydrogen-bond donors (Lipinski definition) is 0. The van der Waals surface area contributed by atoms with Gasteiger partial charge in [-0.15, -0.1) is 0 Å². The second-order valence-corrected chi connectivity index (χ2v) is 7.77. The van der Waals surface area contributed by atoms with Gasteiger partial charge in [-0.25, -0.2) is 17.6 Å². The van der Waals surface area contributed by atoms with Gasteiger partial charge in [0, 0.05) is 11.1 Å². The Morgan fingerprint density at radius 2 is 1.52 bits per heavy atom. The lowest BCUT2D eigenvalue weighted by atomic mass is 9.78. The molecule has 4 rings (SSSR count). The van der Waals surface area contributed by atoms with Crippen molar-refractivity contribution >= 4 is 0 Å². The van der Waals surface area contributed by atoms with Crippen molar-refractivity contribution in [1.29, 1.82) is 0 Å². The lowest BCUT2D eigenvalue weighted by molar-refractivity contribution is 0.488. The number of aryl methyl sites for hydroxylation is 2. The fraction of sp³-hybridized carbons (Fsp3) is 0.280. The van der Waals surface area contributed by atoms with Crippen molar-refractivity contribution in [3.05, 3.63) is 94.1 Å². The van der Waals surface area contributed by atoms with Crippen molar-refractivity contribution in [2.45, 2.75) is 44.9 Å². The summed E-state index contributed by atoms with van der Waals surface area (Å²) in [5.74, 6) is -2.11. The largest absolute Gasteiger partial charge is 0.207 e. The van der Waals surface area contributed by atoms with E-state index < -0.39 is 17.5 Å². The van der Waals surface area contributed by atoms with Crippen LogP contribution in [0.1, 0.15) is 47.9 Å². The van der Waals surface area contributed by atoms with Gasteiger partial charge in [0.25, 0.3) is 0 Å². The van der Waals surface area contributed by atoms with Gasteiger partial charge in [-0.3, -0.25) is 0 Å². The first-order valence-electron chi connectivity index (χ1n) is 10.0. The second-order valence-electron chi connectivity index (χ2n) is 7.77. The van der Waals surface area contributed by atoms with Crippen molar-refractivity contribution in [2.75, 3.05) is 0 Å². The Morgan fingerprint density at radius 3 is 2.17 bits per heavy atom. The minimum Gasteiger partial charge on any atom is -0.207 e. The van der Waals surface area contributed by atoms with Crippen LogP contribution in [0.4, 0.5) is 17.6 Å². The minimum atomic E-state index is -0.509. The van der Waals surface area contributed by atoms with E-state index >= 15 is 0 Å². The van der Waals surface area contributed by atoms with E-state index in [1.54, 1.807) is 18.2 Å². The van der Waals surface area contributed by atoms with Gasteiger partial charge in [0.05, 0.1) is 0 Å². The zero-order chi connectivity index (χ0) is 20.5. The lowest BCUT2D eigenvalue weighted by Gasteiger charge is -2.26. The van der Waals surface area contributed by atoms with Crippen molar-refractivity contribution < 1.29 is 17.6 Å². The highest BCUT2D eigenvalue weighted by Gasteiger charge is 2.27. The number of benzene rings is 3. The molecule has 0 heterocycles. The van der Waals surface area contributed by atoms with Gasteiger partial charge >= 0.3 is 0 Å². The molecule has 0 aromatic heterocycles. The standard InChI is InChI=1S/C25H22F4/c1-2-3-15-10-23(28)25(24(29)11-15)18-5-4-17-13-21(22(27)14-19(17)12-18)16-6-8-20(26)9-7-16/h6-11,13-14,18H,2-5,12H2,1H3. The number of halogens is 4. The summed E-state index contributed by atoms with van der Waals surface area (Å²) in [6.45, 7) is 1.97. The molecule has 29 heavy (non-hydrogen) atoms. The van der Waals surface area contributed by atoms with Crippen molar-refractivity contribution in [3.63, 3.8) is 0 Å². The summed E-state index contributed by atoms with van der Waals surface area (Å²) in [5.41, 5.74) is 3.56. The molecule has 150 valence electrons. The predicted octanol–water partition coefficient (Wildman–Crippen LogP) is 7.14.